The van der Waals surface area contributed by atoms with Crippen LogP contribution in [-0.4, -0.2) is 24.1 Å². The minimum atomic E-state index is -3.82. The molecule has 3 rings (SSSR count). The van der Waals surface area contributed by atoms with Crippen LogP contribution in [0.4, 0.5) is 11.4 Å². The minimum Gasteiger partial charge on any atom is -0.322 e. The molecule has 0 aliphatic rings. The predicted octanol–water partition coefficient (Wildman–Crippen LogP) is 4.14. The van der Waals surface area contributed by atoms with Gasteiger partial charge in [-0.3, -0.25) is 14.2 Å². The lowest BCUT2D eigenvalue weighted by Crippen LogP contribution is -2.14. The van der Waals surface area contributed by atoms with Gasteiger partial charge in [0.15, 0.2) is 0 Å². The molecular weight excluding hydrogens is 424 g/mol. The second-order valence-electron chi connectivity index (χ2n) is 6.67. The number of hydrogen-bond acceptors (Lipinski definition) is 4. The van der Waals surface area contributed by atoms with E-state index in [9.17, 15) is 13.2 Å². The Labute approximate surface area is 180 Å². The average Bonchev–Trinajstić information content (AvgIpc) is 2.93. The van der Waals surface area contributed by atoms with E-state index in [2.05, 4.69) is 15.1 Å². The zero-order valence-corrected chi connectivity index (χ0v) is 18.3. The Morgan fingerprint density at radius 2 is 1.80 bits per heavy atom. The van der Waals surface area contributed by atoms with Crippen LogP contribution in [0.5, 0.6) is 0 Å². The third-order valence-electron chi connectivity index (χ3n) is 4.47. The van der Waals surface area contributed by atoms with E-state index in [1.54, 1.807) is 47.2 Å². The van der Waals surface area contributed by atoms with E-state index in [1.807, 2.05) is 20.9 Å². The van der Waals surface area contributed by atoms with Gasteiger partial charge >= 0.3 is 0 Å². The van der Waals surface area contributed by atoms with Crippen molar-refractivity contribution in [2.24, 2.45) is 7.05 Å². The molecule has 1 amide bonds. The molecule has 0 saturated carbocycles. The average molecular weight is 445 g/mol. The van der Waals surface area contributed by atoms with Gasteiger partial charge in [0, 0.05) is 40.8 Å². The van der Waals surface area contributed by atoms with Gasteiger partial charge in [-0.15, -0.1) is 0 Å². The first kappa shape index (κ1) is 21.6. The molecule has 30 heavy (non-hydrogen) atoms. The predicted molar refractivity (Wildman–Crippen MR) is 119 cm³/mol. The van der Waals surface area contributed by atoms with E-state index in [4.69, 9.17) is 11.6 Å². The molecule has 7 nitrogen and oxygen atoms in total. The zero-order valence-electron chi connectivity index (χ0n) is 16.7. The number of rotatable bonds is 6. The lowest BCUT2D eigenvalue weighted by Gasteiger charge is -2.10. The fourth-order valence-corrected chi connectivity index (χ4v) is 4.08. The number of halogens is 1. The first-order valence-corrected chi connectivity index (χ1v) is 10.9. The third-order valence-corrected chi connectivity index (χ3v) is 6.11. The SMILES string of the molecule is Cc1nn(C)c(C)c1C=CC(=O)Nc1cccc(S(=O)(=O)Nc2ccc(Cl)cc2)c1. The molecule has 0 fully saturated rings. The minimum absolute atomic E-state index is 0.0261. The van der Waals surface area contributed by atoms with Gasteiger partial charge in [-0.25, -0.2) is 8.42 Å². The summed E-state index contributed by atoms with van der Waals surface area (Å²) in [5.41, 5.74) is 3.39. The Morgan fingerprint density at radius 3 is 2.43 bits per heavy atom. The summed E-state index contributed by atoms with van der Waals surface area (Å²) in [5.74, 6) is -0.377. The first-order chi connectivity index (χ1) is 14.2. The van der Waals surface area contributed by atoms with Gasteiger partial charge < -0.3 is 5.32 Å². The number of benzene rings is 2. The molecule has 0 bridgehead atoms. The second kappa shape index (κ2) is 8.73. The molecule has 3 aromatic rings. The normalized spacial score (nSPS) is 11.6. The number of nitrogens with zero attached hydrogens (tertiary/aromatic N) is 2. The molecule has 1 heterocycles. The van der Waals surface area contributed by atoms with Crippen LogP contribution in [0.3, 0.4) is 0 Å². The highest BCUT2D eigenvalue weighted by Gasteiger charge is 2.15. The lowest BCUT2D eigenvalue weighted by atomic mass is 10.2. The van der Waals surface area contributed by atoms with Crippen molar-refractivity contribution in [2.45, 2.75) is 18.7 Å². The molecule has 2 N–H and O–H groups in total. The van der Waals surface area contributed by atoms with E-state index in [1.165, 1.54) is 18.2 Å². The van der Waals surface area contributed by atoms with E-state index < -0.39 is 10.0 Å². The van der Waals surface area contributed by atoms with Crippen molar-refractivity contribution >= 4 is 45.0 Å². The molecule has 156 valence electrons. The maximum absolute atomic E-state index is 12.6. The molecule has 2 aromatic carbocycles. The molecule has 9 heteroatoms. The molecule has 0 aliphatic heterocycles. The number of carbonyl (C=O) groups is 1. The van der Waals surface area contributed by atoms with Crippen LogP contribution in [0.1, 0.15) is 17.0 Å². The van der Waals surface area contributed by atoms with E-state index in [0.29, 0.717) is 16.4 Å². The van der Waals surface area contributed by atoms with Gasteiger partial charge in [-0.1, -0.05) is 17.7 Å². The van der Waals surface area contributed by atoms with E-state index in [-0.39, 0.29) is 10.8 Å². The zero-order chi connectivity index (χ0) is 21.9. The summed E-state index contributed by atoms with van der Waals surface area (Å²) in [6.45, 7) is 3.78. The van der Waals surface area contributed by atoms with Crippen molar-refractivity contribution in [1.29, 1.82) is 0 Å². The second-order valence-corrected chi connectivity index (χ2v) is 8.79. The Morgan fingerprint density at radius 1 is 1.10 bits per heavy atom. The largest absolute Gasteiger partial charge is 0.322 e. The molecular formula is C21H21ClN4O3S. The Kier molecular flexibility index (Phi) is 6.28. The van der Waals surface area contributed by atoms with Gasteiger partial charge in [-0.05, 0) is 62.4 Å². The number of aromatic nitrogens is 2. The summed E-state index contributed by atoms with van der Waals surface area (Å²) in [6, 6.07) is 12.3. The van der Waals surface area contributed by atoms with Gasteiger partial charge in [0.05, 0.1) is 10.6 Å². The van der Waals surface area contributed by atoms with Crippen molar-refractivity contribution in [3.8, 4) is 0 Å². The number of amides is 1. The summed E-state index contributed by atoms with van der Waals surface area (Å²) < 4.78 is 29.5. The standard InChI is InChI=1S/C21H21ClN4O3S/c1-14-20(15(2)26(3)24-14)11-12-21(27)23-18-5-4-6-19(13-18)30(28,29)25-17-9-7-16(22)8-10-17/h4-13,25H,1-3H3,(H,23,27). The van der Waals surface area contributed by atoms with Crippen molar-refractivity contribution in [3.63, 3.8) is 0 Å². The van der Waals surface area contributed by atoms with Crippen LogP contribution in [0, 0.1) is 13.8 Å². The molecule has 0 aliphatic carbocycles. The van der Waals surface area contributed by atoms with Gasteiger partial charge in [-0.2, -0.15) is 5.10 Å². The molecule has 0 radical (unpaired) electrons. The van der Waals surface area contributed by atoms with Crippen LogP contribution in [-0.2, 0) is 21.9 Å². The highest BCUT2D eigenvalue weighted by Crippen LogP contribution is 2.21. The fourth-order valence-electron chi connectivity index (χ4n) is 2.85. The van der Waals surface area contributed by atoms with Crippen molar-refractivity contribution in [3.05, 3.63) is 76.6 Å². The monoisotopic (exact) mass is 444 g/mol. The summed E-state index contributed by atoms with van der Waals surface area (Å²) in [5, 5.41) is 7.49. The highest BCUT2D eigenvalue weighted by molar-refractivity contribution is 7.92. The van der Waals surface area contributed by atoms with E-state index in [0.717, 1.165) is 17.0 Å². The van der Waals surface area contributed by atoms with Crippen LogP contribution in [0.15, 0.2) is 59.5 Å². The number of carbonyl (C=O) groups excluding carboxylic acids is 1. The Balaban J connectivity index is 1.74. The van der Waals surface area contributed by atoms with Crippen molar-refractivity contribution < 1.29 is 13.2 Å². The van der Waals surface area contributed by atoms with Crippen LogP contribution in [0.25, 0.3) is 6.08 Å². The highest BCUT2D eigenvalue weighted by atomic mass is 35.5. The van der Waals surface area contributed by atoms with Crippen LogP contribution < -0.4 is 10.0 Å². The molecule has 0 unspecified atom stereocenters. The van der Waals surface area contributed by atoms with Gasteiger partial charge in [0.25, 0.3) is 10.0 Å². The number of hydrogen-bond donors (Lipinski definition) is 2. The molecule has 0 atom stereocenters. The Bertz CT molecular complexity index is 1220. The number of aryl methyl sites for hydroxylation is 2. The van der Waals surface area contributed by atoms with Crippen molar-refractivity contribution in [2.75, 3.05) is 10.0 Å². The summed E-state index contributed by atoms with van der Waals surface area (Å²) in [4.78, 5) is 12.3. The molecule has 0 saturated heterocycles. The summed E-state index contributed by atoms with van der Waals surface area (Å²) >= 11 is 5.82. The quantitative estimate of drug-likeness (QED) is 0.558. The summed E-state index contributed by atoms with van der Waals surface area (Å²) in [7, 11) is -1.98. The number of sulfonamides is 1. The first-order valence-electron chi connectivity index (χ1n) is 9.03. The maximum atomic E-state index is 12.6. The van der Waals surface area contributed by atoms with E-state index >= 15 is 0 Å². The number of nitrogens with one attached hydrogen (secondary N) is 2. The third kappa shape index (κ3) is 5.08. The van der Waals surface area contributed by atoms with Gasteiger partial charge in [0.2, 0.25) is 5.91 Å². The van der Waals surface area contributed by atoms with Crippen LogP contribution >= 0.6 is 11.6 Å². The molecule has 1 aromatic heterocycles. The fraction of sp³-hybridized carbons (Fsp3) is 0.143. The number of anilines is 2. The van der Waals surface area contributed by atoms with Crippen LogP contribution in [0.2, 0.25) is 5.02 Å². The topological polar surface area (TPSA) is 93.1 Å². The Hall–Kier alpha value is -3.10. The lowest BCUT2D eigenvalue weighted by molar-refractivity contribution is -0.111. The maximum Gasteiger partial charge on any atom is 0.261 e. The summed E-state index contributed by atoms with van der Waals surface area (Å²) in [6.07, 6.45) is 3.08. The molecule has 0 spiro atoms. The van der Waals surface area contributed by atoms with Gasteiger partial charge in [0.1, 0.15) is 0 Å². The van der Waals surface area contributed by atoms with Crippen molar-refractivity contribution in [1.82, 2.24) is 9.78 Å². The smallest absolute Gasteiger partial charge is 0.261 e.